The van der Waals surface area contributed by atoms with Crippen LogP contribution in [0.1, 0.15) is 30.2 Å². The lowest BCUT2D eigenvalue weighted by molar-refractivity contribution is 0.152. The number of hydrogen-bond donors (Lipinski definition) is 2. The van der Waals surface area contributed by atoms with Crippen molar-refractivity contribution in [3.8, 4) is 0 Å². The average Bonchev–Trinajstić information content (AvgIpc) is 2.48. The van der Waals surface area contributed by atoms with Gasteiger partial charge in [0, 0.05) is 10.9 Å². The van der Waals surface area contributed by atoms with E-state index >= 15 is 0 Å². The van der Waals surface area contributed by atoms with Gasteiger partial charge in [-0.25, -0.2) is 9.78 Å². The van der Waals surface area contributed by atoms with Crippen LogP contribution in [0.2, 0.25) is 0 Å². The molecule has 5 heteroatoms. The lowest BCUT2D eigenvalue weighted by atomic mass is 9.91. The van der Waals surface area contributed by atoms with Crippen molar-refractivity contribution in [1.29, 1.82) is 0 Å². The van der Waals surface area contributed by atoms with Crippen molar-refractivity contribution in [2.24, 2.45) is 0 Å². The van der Waals surface area contributed by atoms with Crippen LogP contribution in [0.3, 0.4) is 0 Å². The Labute approximate surface area is 116 Å². The molecule has 0 saturated carbocycles. The summed E-state index contributed by atoms with van der Waals surface area (Å²) in [6.45, 7) is 0. The van der Waals surface area contributed by atoms with Gasteiger partial charge in [0.15, 0.2) is 0 Å². The van der Waals surface area contributed by atoms with Crippen LogP contribution in [0, 0.1) is 0 Å². The molecule has 2 N–H and O–H groups in total. The number of carbonyl (C=O) groups is 1. The van der Waals surface area contributed by atoms with E-state index in [1.54, 1.807) is 0 Å². The van der Waals surface area contributed by atoms with E-state index < -0.39 is 12.2 Å². The van der Waals surface area contributed by atoms with Gasteiger partial charge in [0.05, 0.1) is 30.1 Å². The van der Waals surface area contributed by atoms with Crippen molar-refractivity contribution >= 4 is 22.7 Å². The number of pyridine rings is 1. The minimum Gasteiger partial charge on any atom is -0.453 e. The van der Waals surface area contributed by atoms with E-state index in [0.29, 0.717) is 17.8 Å². The maximum atomic E-state index is 11.6. The van der Waals surface area contributed by atoms with Gasteiger partial charge in [-0.15, -0.1) is 0 Å². The third kappa shape index (κ3) is 2.10. The van der Waals surface area contributed by atoms with Crippen LogP contribution in [0.25, 0.3) is 10.9 Å². The lowest BCUT2D eigenvalue weighted by Gasteiger charge is -2.24. The maximum Gasteiger partial charge on any atom is 0.411 e. The maximum absolute atomic E-state index is 11.6. The number of anilines is 1. The Bertz CT molecular complexity index is 669. The zero-order chi connectivity index (χ0) is 14.1. The minimum absolute atomic E-state index is 0.511. The van der Waals surface area contributed by atoms with Gasteiger partial charge in [0.1, 0.15) is 0 Å². The number of nitrogens with one attached hydrogen (secondary N) is 1. The molecule has 5 nitrogen and oxygen atoms in total. The molecule has 1 unspecified atom stereocenters. The van der Waals surface area contributed by atoms with Crippen LogP contribution in [0.15, 0.2) is 24.3 Å². The highest BCUT2D eigenvalue weighted by Gasteiger charge is 2.25. The Kier molecular flexibility index (Phi) is 3.28. The average molecular weight is 272 g/mol. The third-order valence-electron chi connectivity index (χ3n) is 3.66. The first-order valence-corrected chi connectivity index (χ1v) is 6.65. The van der Waals surface area contributed by atoms with Crippen LogP contribution in [-0.2, 0) is 11.2 Å². The monoisotopic (exact) mass is 272 g/mol. The molecule has 1 heterocycles. The van der Waals surface area contributed by atoms with Crippen LogP contribution in [0.4, 0.5) is 10.5 Å². The molecule has 1 aromatic carbocycles. The molecule has 2 aromatic rings. The fourth-order valence-electron chi connectivity index (χ4n) is 2.70. The molecule has 3 rings (SSSR count). The molecule has 1 aliphatic rings. The summed E-state index contributed by atoms with van der Waals surface area (Å²) in [5.41, 5.74) is 3.05. The molecule has 1 atom stereocenters. The van der Waals surface area contributed by atoms with E-state index in [9.17, 15) is 9.90 Å². The highest BCUT2D eigenvalue weighted by molar-refractivity contribution is 6.00. The Hall–Kier alpha value is -2.14. The number of fused-ring (bicyclic) bond motifs is 2. The molecule has 104 valence electrons. The summed E-state index contributed by atoms with van der Waals surface area (Å²) in [5.74, 6) is 0. The normalized spacial score (nSPS) is 17.6. The van der Waals surface area contributed by atoms with Crippen LogP contribution >= 0.6 is 0 Å². The van der Waals surface area contributed by atoms with E-state index in [0.717, 1.165) is 29.3 Å². The number of hydrogen-bond acceptors (Lipinski definition) is 4. The second-order valence-electron chi connectivity index (χ2n) is 4.89. The number of para-hydroxylation sites is 1. The number of rotatable bonds is 1. The Morgan fingerprint density at radius 1 is 1.45 bits per heavy atom. The number of carbonyl (C=O) groups excluding carboxylic acids is 1. The lowest BCUT2D eigenvalue weighted by Crippen LogP contribution is -2.18. The number of amides is 1. The van der Waals surface area contributed by atoms with E-state index in [4.69, 9.17) is 0 Å². The fourth-order valence-corrected chi connectivity index (χ4v) is 2.70. The number of aromatic nitrogens is 1. The van der Waals surface area contributed by atoms with Crippen LogP contribution in [-0.4, -0.2) is 23.3 Å². The summed E-state index contributed by atoms with van der Waals surface area (Å²) in [4.78, 5) is 16.1. The first-order chi connectivity index (χ1) is 9.70. The smallest absolute Gasteiger partial charge is 0.411 e. The second-order valence-corrected chi connectivity index (χ2v) is 4.89. The highest BCUT2D eigenvalue weighted by atomic mass is 16.5. The summed E-state index contributed by atoms with van der Waals surface area (Å²) < 4.78 is 4.69. The van der Waals surface area contributed by atoms with Crippen LogP contribution < -0.4 is 5.32 Å². The summed E-state index contributed by atoms with van der Waals surface area (Å²) in [7, 11) is 1.33. The summed E-state index contributed by atoms with van der Waals surface area (Å²) in [6.07, 6.45) is 1.30. The summed E-state index contributed by atoms with van der Waals surface area (Å²) >= 11 is 0. The summed E-state index contributed by atoms with van der Waals surface area (Å²) in [6, 6.07) is 7.57. The van der Waals surface area contributed by atoms with E-state index in [1.807, 2.05) is 24.3 Å². The minimum atomic E-state index is -0.568. The van der Waals surface area contributed by atoms with E-state index in [2.05, 4.69) is 15.0 Å². The topological polar surface area (TPSA) is 71.5 Å². The van der Waals surface area contributed by atoms with Crippen molar-refractivity contribution in [3.05, 3.63) is 35.5 Å². The molecule has 1 aromatic heterocycles. The number of methoxy groups -OCH3 is 1. The molecule has 0 saturated heterocycles. The van der Waals surface area contributed by atoms with E-state index in [-0.39, 0.29) is 0 Å². The van der Waals surface area contributed by atoms with Gasteiger partial charge >= 0.3 is 6.09 Å². The summed E-state index contributed by atoms with van der Waals surface area (Å²) in [5, 5.41) is 13.8. The predicted octanol–water partition coefficient (Wildman–Crippen LogP) is 2.78. The molecule has 0 fully saturated rings. The van der Waals surface area contributed by atoms with Crippen molar-refractivity contribution < 1.29 is 14.6 Å². The highest BCUT2D eigenvalue weighted by Crippen LogP contribution is 2.37. The zero-order valence-corrected chi connectivity index (χ0v) is 11.2. The van der Waals surface area contributed by atoms with E-state index in [1.165, 1.54) is 7.11 Å². The largest absolute Gasteiger partial charge is 0.453 e. The molecule has 0 spiro atoms. The predicted molar refractivity (Wildman–Crippen MR) is 75.7 cm³/mol. The molecule has 0 aliphatic heterocycles. The number of aliphatic hydroxyl groups is 1. The van der Waals surface area contributed by atoms with Gasteiger partial charge in [-0.05, 0) is 25.3 Å². The second kappa shape index (κ2) is 5.09. The van der Waals surface area contributed by atoms with Gasteiger partial charge in [0.25, 0.3) is 0 Å². The fraction of sp³-hybridized carbons (Fsp3) is 0.333. The molecule has 1 amide bonds. The number of ether oxygens (including phenoxy) is 1. The van der Waals surface area contributed by atoms with Crippen molar-refractivity contribution in [1.82, 2.24) is 4.98 Å². The first-order valence-electron chi connectivity index (χ1n) is 6.65. The van der Waals surface area contributed by atoms with Gasteiger partial charge in [-0.3, -0.25) is 5.32 Å². The van der Waals surface area contributed by atoms with Crippen molar-refractivity contribution in [2.75, 3.05) is 12.4 Å². The molecule has 20 heavy (non-hydrogen) atoms. The first kappa shape index (κ1) is 12.9. The third-order valence-corrected chi connectivity index (χ3v) is 3.66. The quantitative estimate of drug-likeness (QED) is 0.837. The molecule has 1 aliphatic carbocycles. The standard InChI is InChI=1S/C15H16N2O3/c1-20-15(19)17-13-9-5-2-3-7-11(9)16-14-10(13)6-4-8-12(14)18/h2-3,5,7,12,18H,4,6,8H2,1H3,(H,16,17,19). The number of aliphatic hydroxyl groups excluding tert-OH is 1. The van der Waals surface area contributed by atoms with Crippen molar-refractivity contribution in [3.63, 3.8) is 0 Å². The van der Waals surface area contributed by atoms with Gasteiger partial charge in [0.2, 0.25) is 0 Å². The van der Waals surface area contributed by atoms with Gasteiger partial charge < -0.3 is 9.84 Å². The Balaban J connectivity index is 2.24. The zero-order valence-electron chi connectivity index (χ0n) is 11.2. The van der Waals surface area contributed by atoms with Gasteiger partial charge in [-0.2, -0.15) is 0 Å². The Morgan fingerprint density at radius 2 is 2.25 bits per heavy atom. The number of benzene rings is 1. The molecule has 0 bridgehead atoms. The molecule has 0 radical (unpaired) electrons. The Morgan fingerprint density at radius 3 is 3.05 bits per heavy atom. The van der Waals surface area contributed by atoms with Gasteiger partial charge in [-0.1, -0.05) is 18.2 Å². The molecular formula is C15H16N2O3. The molecular weight excluding hydrogens is 256 g/mol. The number of nitrogens with zero attached hydrogens (tertiary/aromatic N) is 1. The SMILES string of the molecule is COC(=O)Nc1c2c(nc3ccccc13)C(O)CCC2. The van der Waals surface area contributed by atoms with Crippen molar-refractivity contribution in [2.45, 2.75) is 25.4 Å². The van der Waals surface area contributed by atoms with Crippen LogP contribution in [0.5, 0.6) is 0 Å².